The monoisotopic (exact) mass is 575 g/mol. The molecule has 1 unspecified atom stereocenters. The first-order chi connectivity index (χ1) is 18.6. The van der Waals surface area contributed by atoms with Crippen molar-refractivity contribution in [3.8, 4) is 16.2 Å². The van der Waals surface area contributed by atoms with Gasteiger partial charge in [-0.25, -0.2) is 9.89 Å². The normalized spacial score (nSPS) is 12.4. The van der Waals surface area contributed by atoms with Crippen LogP contribution in [0.4, 0.5) is 18.0 Å². The van der Waals surface area contributed by atoms with Crippen molar-refractivity contribution in [2.24, 2.45) is 0 Å². The van der Waals surface area contributed by atoms with Gasteiger partial charge in [0.1, 0.15) is 0 Å². The van der Waals surface area contributed by atoms with E-state index < -0.39 is 17.8 Å². The predicted octanol–water partition coefficient (Wildman–Crippen LogP) is 7.88. The maximum absolute atomic E-state index is 13.0. The average Bonchev–Trinajstić information content (AvgIpc) is 3.57. The van der Waals surface area contributed by atoms with Crippen molar-refractivity contribution in [3.05, 3.63) is 75.9 Å². The Labute approximate surface area is 232 Å². The summed E-state index contributed by atoms with van der Waals surface area (Å²) in [5.41, 5.74) is 3.05. The van der Waals surface area contributed by atoms with Gasteiger partial charge in [-0.2, -0.15) is 13.2 Å². The summed E-state index contributed by atoms with van der Waals surface area (Å²) in [5.74, 6) is 0.421. The summed E-state index contributed by atoms with van der Waals surface area (Å²) >= 11 is 3.17. The van der Waals surface area contributed by atoms with E-state index in [1.807, 2.05) is 19.9 Å². The highest BCUT2D eigenvalue weighted by Gasteiger charge is 2.30. The second kappa shape index (κ2) is 12.6. The van der Waals surface area contributed by atoms with E-state index in [1.54, 1.807) is 17.8 Å². The topological polar surface area (TPSA) is 92.8 Å². The molecule has 2 aromatic carbocycles. The third-order valence-electron chi connectivity index (χ3n) is 6.01. The van der Waals surface area contributed by atoms with Crippen LogP contribution in [0.1, 0.15) is 58.8 Å². The number of aromatic nitrogens is 4. The first-order valence-electron chi connectivity index (χ1n) is 12.4. The maximum Gasteiger partial charge on any atom is 0.416 e. The summed E-state index contributed by atoms with van der Waals surface area (Å²) in [6.45, 7) is 6.23. The number of aryl methyl sites for hydroxylation is 2. The molecule has 0 aliphatic carbocycles. The molecule has 2 N–H and O–H groups in total. The number of aromatic amines is 1. The van der Waals surface area contributed by atoms with Crippen LogP contribution in [-0.2, 0) is 12.7 Å². The van der Waals surface area contributed by atoms with Gasteiger partial charge in [0.25, 0.3) is 0 Å². The number of tetrazole rings is 1. The van der Waals surface area contributed by atoms with E-state index in [0.29, 0.717) is 10.9 Å². The minimum Gasteiger partial charge on any atom is -0.399 e. The Bertz CT molecular complexity index is 1370. The van der Waals surface area contributed by atoms with Crippen molar-refractivity contribution in [3.63, 3.8) is 0 Å². The molecule has 4 rings (SSSR count). The molecule has 1 amide bonds. The largest absolute Gasteiger partial charge is 0.416 e. The lowest BCUT2D eigenvalue weighted by atomic mass is 9.95. The van der Waals surface area contributed by atoms with Gasteiger partial charge in [-0.3, -0.25) is 0 Å². The fourth-order valence-corrected chi connectivity index (χ4v) is 6.64. The Kier molecular flexibility index (Phi) is 9.28. The lowest BCUT2D eigenvalue weighted by Gasteiger charge is -2.18. The Morgan fingerprint density at radius 3 is 2.46 bits per heavy atom. The van der Waals surface area contributed by atoms with Crippen LogP contribution in [0.15, 0.2) is 53.4 Å². The molecule has 39 heavy (non-hydrogen) atoms. The fourth-order valence-electron chi connectivity index (χ4n) is 4.19. The van der Waals surface area contributed by atoms with E-state index in [-0.39, 0.29) is 11.8 Å². The van der Waals surface area contributed by atoms with E-state index in [1.165, 1.54) is 23.5 Å². The number of hydrogen-bond acceptors (Lipinski definition) is 7. The minimum absolute atomic E-state index is 0.125. The van der Waals surface area contributed by atoms with Gasteiger partial charge in [-0.05, 0) is 89.3 Å². The first-order valence-corrected chi connectivity index (χ1v) is 14.1. The number of hydrogen-bond donors (Lipinski definition) is 2. The molecule has 206 valence electrons. The number of nitrogens with zero attached hydrogens (tertiary/aromatic N) is 3. The molecular weight excluding hydrogens is 547 g/mol. The van der Waals surface area contributed by atoms with Crippen molar-refractivity contribution in [1.82, 2.24) is 25.9 Å². The summed E-state index contributed by atoms with van der Waals surface area (Å²) in [6, 6.07) is 13.2. The third-order valence-corrected chi connectivity index (χ3v) is 8.52. The van der Waals surface area contributed by atoms with Gasteiger partial charge in [0.05, 0.1) is 12.1 Å². The number of carbonyl (C=O) groups is 1. The highest BCUT2D eigenvalue weighted by atomic mass is 32.2. The van der Waals surface area contributed by atoms with E-state index in [0.717, 1.165) is 63.4 Å². The number of amides is 1. The zero-order valence-electron chi connectivity index (χ0n) is 21.6. The van der Waals surface area contributed by atoms with Gasteiger partial charge in [-0.1, -0.05) is 31.9 Å². The summed E-state index contributed by atoms with van der Waals surface area (Å²) in [4.78, 5) is 14.3. The smallest absolute Gasteiger partial charge is 0.399 e. The number of thiophene rings is 1. The zero-order valence-corrected chi connectivity index (χ0v) is 23.3. The van der Waals surface area contributed by atoms with Crippen LogP contribution in [0.5, 0.6) is 5.06 Å². The van der Waals surface area contributed by atoms with Crippen molar-refractivity contribution in [1.29, 1.82) is 0 Å². The lowest BCUT2D eigenvalue weighted by molar-refractivity contribution is -0.137. The van der Waals surface area contributed by atoms with Crippen LogP contribution in [0.3, 0.4) is 0 Å². The first kappa shape index (κ1) is 28.6. The Balaban J connectivity index is 1.47. The van der Waals surface area contributed by atoms with E-state index in [9.17, 15) is 18.0 Å². The SMILES string of the molecule is CCCCC(Sc1cc(C)c(-c2ccc(C(F)(F)F)cc2)c(C)c1)c1ccc(OC(=O)NCc2nnn[nH]2)s1. The van der Waals surface area contributed by atoms with Crippen LogP contribution in [0.2, 0.25) is 0 Å². The minimum atomic E-state index is -4.36. The summed E-state index contributed by atoms with van der Waals surface area (Å²) < 4.78 is 44.4. The standard InChI is InChI=1S/C27H28F3N5O2S2/c1-4-5-6-21(22-11-12-24(39-22)37-26(36)31-15-23-32-34-35-33-23)38-20-13-16(2)25(17(3)14-20)18-7-9-19(10-8-18)27(28,29)30/h7-14,21H,4-6,15H2,1-3H3,(H,31,36)(H,32,33,34,35). The quantitative estimate of drug-likeness (QED) is 0.187. The molecule has 0 radical (unpaired) electrons. The molecule has 0 saturated heterocycles. The van der Waals surface area contributed by atoms with Crippen molar-refractivity contribution in [2.75, 3.05) is 0 Å². The molecule has 0 spiro atoms. The van der Waals surface area contributed by atoms with Gasteiger partial charge in [-0.15, -0.1) is 28.2 Å². The number of nitrogens with one attached hydrogen (secondary N) is 2. The molecule has 0 bridgehead atoms. The van der Waals surface area contributed by atoms with Crippen LogP contribution in [0.25, 0.3) is 11.1 Å². The maximum atomic E-state index is 13.0. The number of halogens is 3. The summed E-state index contributed by atoms with van der Waals surface area (Å²) in [7, 11) is 0. The van der Waals surface area contributed by atoms with Crippen molar-refractivity contribution in [2.45, 2.75) is 62.9 Å². The molecule has 4 aromatic rings. The second-order valence-corrected chi connectivity index (χ2v) is 11.4. The van der Waals surface area contributed by atoms with Crippen LogP contribution < -0.4 is 10.1 Å². The predicted molar refractivity (Wildman–Crippen MR) is 146 cm³/mol. The number of rotatable bonds is 10. The second-order valence-electron chi connectivity index (χ2n) is 9.00. The lowest BCUT2D eigenvalue weighted by Crippen LogP contribution is -2.26. The zero-order chi connectivity index (χ0) is 28.0. The van der Waals surface area contributed by atoms with Gasteiger partial charge in [0, 0.05) is 15.0 Å². The van der Waals surface area contributed by atoms with Crippen LogP contribution in [0, 0.1) is 13.8 Å². The molecule has 2 aromatic heterocycles. The molecule has 0 aliphatic rings. The molecule has 0 fully saturated rings. The number of benzene rings is 2. The third kappa shape index (κ3) is 7.60. The Hall–Kier alpha value is -3.38. The van der Waals surface area contributed by atoms with Gasteiger partial charge < -0.3 is 10.1 Å². The Morgan fingerprint density at radius 1 is 1.13 bits per heavy atom. The van der Waals surface area contributed by atoms with Crippen molar-refractivity contribution >= 4 is 29.2 Å². The van der Waals surface area contributed by atoms with E-state index in [4.69, 9.17) is 4.74 Å². The Morgan fingerprint density at radius 2 is 1.85 bits per heavy atom. The fraction of sp³-hybridized carbons (Fsp3) is 0.333. The highest BCUT2D eigenvalue weighted by Crippen LogP contribution is 2.45. The summed E-state index contributed by atoms with van der Waals surface area (Å²) in [6.07, 6.45) is -1.91. The van der Waals surface area contributed by atoms with E-state index in [2.05, 4.69) is 45.0 Å². The molecule has 1 atom stereocenters. The van der Waals surface area contributed by atoms with Gasteiger partial charge in [0.2, 0.25) is 0 Å². The van der Waals surface area contributed by atoms with Crippen molar-refractivity contribution < 1.29 is 22.7 Å². The number of H-pyrrole nitrogens is 1. The number of thioether (sulfide) groups is 1. The van der Waals surface area contributed by atoms with E-state index >= 15 is 0 Å². The average molecular weight is 576 g/mol. The number of ether oxygens (including phenoxy) is 1. The van der Waals surface area contributed by atoms with Gasteiger partial charge in [0.15, 0.2) is 10.9 Å². The highest BCUT2D eigenvalue weighted by molar-refractivity contribution is 7.99. The number of unbranched alkanes of at least 4 members (excludes halogenated alkanes) is 1. The van der Waals surface area contributed by atoms with Crippen LogP contribution in [-0.4, -0.2) is 26.7 Å². The molecule has 0 aliphatic heterocycles. The summed E-state index contributed by atoms with van der Waals surface area (Å²) in [5, 5.41) is 16.4. The molecular formula is C27H28F3N5O2S2. The molecule has 2 heterocycles. The molecule has 7 nitrogen and oxygen atoms in total. The number of carbonyl (C=O) groups excluding carboxylic acids is 1. The molecule has 12 heteroatoms. The van der Waals surface area contributed by atoms with Gasteiger partial charge >= 0.3 is 12.3 Å². The molecule has 0 saturated carbocycles. The van der Waals surface area contributed by atoms with Crippen LogP contribution >= 0.6 is 23.1 Å². The number of alkyl halides is 3.